The zero-order valence-corrected chi connectivity index (χ0v) is 18.9. The van der Waals surface area contributed by atoms with Crippen LogP contribution in [0.1, 0.15) is 23.6 Å². The van der Waals surface area contributed by atoms with Gasteiger partial charge >= 0.3 is 11.9 Å². The summed E-state index contributed by atoms with van der Waals surface area (Å²) in [7, 11) is 0. The molecule has 2 aromatic heterocycles. The molecule has 1 atom stereocenters. The minimum absolute atomic E-state index is 0.0155. The quantitative estimate of drug-likeness (QED) is 0.457. The molecule has 1 aliphatic heterocycles. The molecule has 0 bridgehead atoms. The molecular formula is C25H17F3N6O3. The largest absolute Gasteiger partial charge is 0.416 e. The fraction of sp³-hybridized carbons (Fsp3) is 0.160. The molecule has 5 rings (SSSR count). The van der Waals surface area contributed by atoms with Crippen molar-refractivity contribution in [2.24, 2.45) is 0 Å². The molecule has 37 heavy (non-hydrogen) atoms. The fourth-order valence-electron chi connectivity index (χ4n) is 4.25. The summed E-state index contributed by atoms with van der Waals surface area (Å²) in [6, 6.07) is 13.3. The molecule has 2 aromatic carbocycles. The second kappa shape index (κ2) is 8.94. The Morgan fingerprint density at radius 1 is 1.03 bits per heavy atom. The van der Waals surface area contributed by atoms with Crippen molar-refractivity contribution in [2.75, 3.05) is 6.54 Å². The number of hydrogen-bond acceptors (Lipinski definition) is 5. The highest BCUT2D eigenvalue weighted by Crippen LogP contribution is 2.30. The Kier molecular flexibility index (Phi) is 5.75. The van der Waals surface area contributed by atoms with E-state index in [-0.39, 0.29) is 35.8 Å². The van der Waals surface area contributed by atoms with Crippen molar-refractivity contribution in [3.63, 3.8) is 0 Å². The zero-order valence-electron chi connectivity index (χ0n) is 18.9. The van der Waals surface area contributed by atoms with Crippen molar-refractivity contribution in [1.29, 1.82) is 5.26 Å². The van der Waals surface area contributed by atoms with Gasteiger partial charge in [-0.15, -0.1) is 0 Å². The third-order valence-corrected chi connectivity index (χ3v) is 6.05. The lowest BCUT2D eigenvalue weighted by molar-refractivity contribution is -0.137. The van der Waals surface area contributed by atoms with Gasteiger partial charge in [-0.25, -0.2) is 9.48 Å². The lowest BCUT2D eigenvalue weighted by Gasteiger charge is -2.18. The van der Waals surface area contributed by atoms with Gasteiger partial charge < -0.3 is 5.32 Å². The van der Waals surface area contributed by atoms with E-state index in [1.54, 1.807) is 24.3 Å². The highest BCUT2D eigenvalue weighted by Gasteiger charge is 2.32. The smallest absolute Gasteiger partial charge is 0.354 e. The predicted octanol–water partition coefficient (Wildman–Crippen LogP) is 2.80. The van der Waals surface area contributed by atoms with Gasteiger partial charge in [0.15, 0.2) is 0 Å². The standard InChI is InChI=1S/C25H17F3N6O3/c26-25(27,28)16-2-1-3-18(10-16)32-14-20(23(36)33(24(32)37)19-11-22(35)30-13-19)21-8-9-31-34(21)17-6-4-15(12-29)5-7-17/h1-10,14,19H,11,13H2,(H,30,35)/t19-/m0/s1. The first-order chi connectivity index (χ1) is 17.7. The second-order valence-electron chi connectivity index (χ2n) is 8.37. The van der Waals surface area contributed by atoms with Gasteiger partial charge in [-0.2, -0.15) is 23.5 Å². The zero-order chi connectivity index (χ0) is 26.3. The minimum Gasteiger partial charge on any atom is -0.354 e. The maximum atomic E-state index is 13.6. The fourth-order valence-corrected chi connectivity index (χ4v) is 4.25. The average molecular weight is 506 g/mol. The van der Waals surface area contributed by atoms with E-state index in [1.165, 1.54) is 35.3 Å². The summed E-state index contributed by atoms with van der Waals surface area (Å²) < 4.78 is 43.5. The van der Waals surface area contributed by atoms with Crippen LogP contribution in [0, 0.1) is 11.3 Å². The molecule has 0 unspecified atom stereocenters. The van der Waals surface area contributed by atoms with Gasteiger partial charge in [0, 0.05) is 19.2 Å². The van der Waals surface area contributed by atoms with Crippen LogP contribution in [0.25, 0.3) is 22.6 Å². The van der Waals surface area contributed by atoms with Crippen molar-refractivity contribution in [3.8, 4) is 28.7 Å². The maximum Gasteiger partial charge on any atom is 0.416 e. The van der Waals surface area contributed by atoms with E-state index < -0.39 is 29.0 Å². The number of carbonyl (C=O) groups is 1. The third-order valence-electron chi connectivity index (χ3n) is 6.05. The van der Waals surface area contributed by atoms with Crippen LogP contribution in [0.4, 0.5) is 13.2 Å². The molecule has 1 fully saturated rings. The van der Waals surface area contributed by atoms with Crippen LogP contribution in [-0.4, -0.2) is 31.4 Å². The normalized spacial score (nSPS) is 15.4. The van der Waals surface area contributed by atoms with E-state index in [0.29, 0.717) is 11.3 Å². The third kappa shape index (κ3) is 4.31. The predicted molar refractivity (Wildman–Crippen MR) is 125 cm³/mol. The van der Waals surface area contributed by atoms with Gasteiger partial charge in [0.25, 0.3) is 5.56 Å². The number of alkyl halides is 3. The number of carbonyl (C=O) groups excluding carboxylic acids is 1. The van der Waals surface area contributed by atoms with Crippen molar-refractivity contribution < 1.29 is 18.0 Å². The van der Waals surface area contributed by atoms with Crippen molar-refractivity contribution >= 4 is 5.91 Å². The van der Waals surface area contributed by atoms with Gasteiger partial charge in [0.1, 0.15) is 0 Å². The molecule has 1 aliphatic rings. The van der Waals surface area contributed by atoms with Crippen molar-refractivity contribution in [2.45, 2.75) is 18.6 Å². The van der Waals surface area contributed by atoms with Crippen molar-refractivity contribution in [3.05, 3.63) is 99.0 Å². The molecule has 1 amide bonds. The van der Waals surface area contributed by atoms with Gasteiger partial charge in [-0.1, -0.05) is 6.07 Å². The number of nitrogens with one attached hydrogen (secondary N) is 1. The van der Waals surface area contributed by atoms with Crippen LogP contribution in [0.3, 0.4) is 0 Å². The number of hydrogen-bond donors (Lipinski definition) is 1. The van der Waals surface area contributed by atoms with Crippen LogP contribution in [0.2, 0.25) is 0 Å². The van der Waals surface area contributed by atoms with E-state index in [9.17, 15) is 27.6 Å². The molecular weight excluding hydrogens is 489 g/mol. The Hall–Kier alpha value is -4.92. The first kappa shape index (κ1) is 23.8. The lowest BCUT2D eigenvalue weighted by atomic mass is 10.1. The number of nitrogens with zero attached hydrogens (tertiary/aromatic N) is 5. The number of nitriles is 1. The van der Waals surface area contributed by atoms with Crippen LogP contribution >= 0.6 is 0 Å². The number of rotatable bonds is 4. The molecule has 12 heteroatoms. The summed E-state index contributed by atoms with van der Waals surface area (Å²) >= 11 is 0. The van der Waals surface area contributed by atoms with Crippen LogP contribution in [-0.2, 0) is 11.0 Å². The Balaban J connectivity index is 1.75. The van der Waals surface area contributed by atoms with E-state index in [0.717, 1.165) is 21.3 Å². The highest BCUT2D eigenvalue weighted by atomic mass is 19.4. The molecule has 0 radical (unpaired) electrons. The SMILES string of the molecule is N#Cc1ccc(-n2nccc2-c2cn(-c3cccc(C(F)(F)F)c3)c(=O)n([C@@H]3CNC(=O)C3)c2=O)cc1. The van der Waals surface area contributed by atoms with Gasteiger partial charge in [-0.3, -0.25) is 18.7 Å². The van der Waals surface area contributed by atoms with Crippen LogP contribution in [0.5, 0.6) is 0 Å². The first-order valence-electron chi connectivity index (χ1n) is 11.0. The van der Waals surface area contributed by atoms with Crippen molar-refractivity contribution in [1.82, 2.24) is 24.2 Å². The van der Waals surface area contributed by atoms with Gasteiger partial charge in [0.2, 0.25) is 5.91 Å². The summed E-state index contributed by atoms with van der Waals surface area (Å²) in [6.45, 7) is 0.0227. The molecule has 3 heterocycles. The molecule has 0 aliphatic carbocycles. The Morgan fingerprint density at radius 3 is 2.43 bits per heavy atom. The minimum atomic E-state index is -4.65. The molecule has 1 N–H and O–H groups in total. The molecule has 0 saturated carbocycles. The van der Waals surface area contributed by atoms with E-state index in [2.05, 4.69) is 10.4 Å². The van der Waals surface area contributed by atoms with Gasteiger partial charge in [-0.05, 0) is 48.5 Å². The summed E-state index contributed by atoms with van der Waals surface area (Å²) in [5.74, 6) is -0.352. The number of aromatic nitrogens is 4. The van der Waals surface area contributed by atoms with Crippen LogP contribution in [0.15, 0.2) is 76.6 Å². The molecule has 4 aromatic rings. The topological polar surface area (TPSA) is 115 Å². The molecule has 0 spiro atoms. The van der Waals surface area contributed by atoms with E-state index >= 15 is 0 Å². The highest BCUT2D eigenvalue weighted by molar-refractivity contribution is 5.78. The van der Waals surface area contributed by atoms with E-state index in [4.69, 9.17) is 5.26 Å². The Labute approximate surface area is 206 Å². The maximum absolute atomic E-state index is 13.6. The molecule has 9 nitrogen and oxygen atoms in total. The summed E-state index contributed by atoms with van der Waals surface area (Å²) in [5, 5.41) is 15.9. The Morgan fingerprint density at radius 2 is 1.78 bits per heavy atom. The lowest BCUT2D eigenvalue weighted by Crippen LogP contribution is -2.43. The van der Waals surface area contributed by atoms with Gasteiger partial charge in [0.05, 0.1) is 52.1 Å². The summed E-state index contributed by atoms with van der Waals surface area (Å²) in [6.07, 6.45) is -2.17. The summed E-state index contributed by atoms with van der Waals surface area (Å²) in [4.78, 5) is 38.9. The number of amides is 1. The number of benzene rings is 2. The van der Waals surface area contributed by atoms with Crippen LogP contribution < -0.4 is 16.6 Å². The Bertz CT molecular complexity index is 1680. The summed E-state index contributed by atoms with van der Waals surface area (Å²) in [5.41, 5.74) is -1.48. The average Bonchev–Trinajstić information content (AvgIpc) is 3.53. The van der Waals surface area contributed by atoms with E-state index in [1.807, 2.05) is 6.07 Å². The first-order valence-corrected chi connectivity index (χ1v) is 11.0. The molecule has 186 valence electrons. The number of halogens is 3. The molecule has 1 saturated heterocycles. The second-order valence-corrected chi connectivity index (χ2v) is 8.37. The monoisotopic (exact) mass is 506 g/mol.